The maximum atomic E-state index is 13.0. The summed E-state index contributed by atoms with van der Waals surface area (Å²) in [7, 11) is -1.11. The van der Waals surface area contributed by atoms with E-state index in [2.05, 4.69) is 39.0 Å². The van der Waals surface area contributed by atoms with Crippen LogP contribution in [0.2, 0.25) is 24.2 Å². The molecule has 2 rings (SSSR count). The Labute approximate surface area is 143 Å². The molecule has 1 aromatic carbocycles. The van der Waals surface area contributed by atoms with Gasteiger partial charge in [0, 0.05) is 11.5 Å². The van der Waals surface area contributed by atoms with Gasteiger partial charge in [-0.05, 0) is 24.8 Å². The minimum Gasteiger partial charge on any atom is -0.294 e. The fraction of sp³-hybridized carbons (Fsp3) is 0.667. The molecule has 0 spiro atoms. The Bertz CT molecular complexity index is 490. The average molecular weight is 331 g/mol. The fourth-order valence-electron chi connectivity index (χ4n) is 4.24. The molecule has 0 unspecified atom stereocenters. The first-order chi connectivity index (χ1) is 11.2. The lowest BCUT2D eigenvalue weighted by molar-refractivity contribution is 0.0888. The summed E-state index contributed by atoms with van der Waals surface area (Å²) in [4.78, 5) is 13.0. The second-order valence-electron chi connectivity index (χ2n) is 7.42. The van der Waals surface area contributed by atoms with Gasteiger partial charge in [0.2, 0.25) is 0 Å². The van der Waals surface area contributed by atoms with Crippen LogP contribution < -0.4 is 0 Å². The molecule has 1 saturated carbocycles. The molecule has 2 heteroatoms. The number of benzene rings is 1. The molecular formula is C21H34OSi. The molecule has 128 valence electrons. The Balaban J connectivity index is 2.12. The van der Waals surface area contributed by atoms with Crippen molar-refractivity contribution in [3.8, 4) is 0 Å². The zero-order chi connectivity index (χ0) is 16.7. The third-order valence-electron chi connectivity index (χ3n) is 6.43. The summed E-state index contributed by atoms with van der Waals surface area (Å²) in [5, 5.41) is 0. The number of ketones is 1. The van der Waals surface area contributed by atoms with Crippen LogP contribution in [-0.4, -0.2) is 13.9 Å². The standard InChI is InChI=1S/C21H34OSi/c1-4-23(5-2,6-3)17-16-18-12-10-11-15-20(18)21(22)19-13-8-7-9-14-19/h10-12,15,19H,4-9,13-14,16-17H2,1-3H3. The number of Topliss-reactive ketones (excluding diaryl/α,β-unsaturated/α-hetero) is 1. The van der Waals surface area contributed by atoms with Crippen molar-refractivity contribution in [2.24, 2.45) is 5.92 Å². The van der Waals surface area contributed by atoms with Gasteiger partial charge < -0.3 is 0 Å². The summed E-state index contributed by atoms with van der Waals surface area (Å²) in [6.45, 7) is 7.12. The third-order valence-corrected chi connectivity index (χ3v) is 12.2. The molecule has 23 heavy (non-hydrogen) atoms. The van der Waals surface area contributed by atoms with E-state index in [9.17, 15) is 4.79 Å². The Hall–Kier alpha value is -0.893. The molecule has 0 N–H and O–H groups in total. The Morgan fingerprint density at radius 2 is 1.61 bits per heavy atom. The van der Waals surface area contributed by atoms with Gasteiger partial charge in [0.25, 0.3) is 0 Å². The highest BCUT2D eigenvalue weighted by Gasteiger charge is 2.28. The minimum atomic E-state index is -1.11. The lowest BCUT2D eigenvalue weighted by Crippen LogP contribution is -2.31. The van der Waals surface area contributed by atoms with Crippen LogP contribution in [0.1, 0.15) is 68.8 Å². The van der Waals surface area contributed by atoms with Gasteiger partial charge in [-0.25, -0.2) is 0 Å². The Morgan fingerprint density at radius 1 is 1.00 bits per heavy atom. The fourth-order valence-corrected chi connectivity index (χ4v) is 7.60. The van der Waals surface area contributed by atoms with Gasteiger partial charge in [0.15, 0.2) is 5.78 Å². The zero-order valence-electron chi connectivity index (χ0n) is 15.4. The van der Waals surface area contributed by atoms with E-state index in [1.54, 1.807) is 0 Å². The molecule has 0 heterocycles. The second kappa shape index (κ2) is 8.82. The third kappa shape index (κ3) is 4.56. The molecule has 0 bridgehead atoms. The minimum absolute atomic E-state index is 0.287. The molecular weight excluding hydrogens is 296 g/mol. The highest BCUT2D eigenvalue weighted by molar-refractivity contribution is 6.79. The SMILES string of the molecule is CC[Si](CC)(CC)CCc1ccccc1C(=O)C1CCCCC1. The summed E-state index contributed by atoms with van der Waals surface area (Å²) in [6.07, 6.45) is 7.08. The largest absolute Gasteiger partial charge is 0.294 e. The van der Waals surface area contributed by atoms with Crippen molar-refractivity contribution in [2.75, 3.05) is 0 Å². The monoisotopic (exact) mass is 330 g/mol. The number of aryl methyl sites for hydroxylation is 1. The van der Waals surface area contributed by atoms with Crippen molar-refractivity contribution in [3.05, 3.63) is 35.4 Å². The zero-order valence-corrected chi connectivity index (χ0v) is 16.4. The van der Waals surface area contributed by atoms with Gasteiger partial charge in [-0.2, -0.15) is 0 Å². The molecule has 1 aliphatic rings. The number of carbonyl (C=O) groups is 1. The molecule has 1 aromatic rings. The predicted octanol–water partition coefficient (Wildman–Crippen LogP) is 6.50. The van der Waals surface area contributed by atoms with Gasteiger partial charge in [-0.1, -0.05) is 88.5 Å². The molecule has 1 fully saturated rings. The molecule has 0 saturated heterocycles. The number of hydrogen-bond acceptors (Lipinski definition) is 1. The normalized spacial score (nSPS) is 16.5. The van der Waals surface area contributed by atoms with E-state index in [-0.39, 0.29) is 5.92 Å². The molecule has 0 amide bonds. The molecule has 0 aromatic heterocycles. The summed E-state index contributed by atoms with van der Waals surface area (Å²) in [5.41, 5.74) is 2.35. The number of carbonyl (C=O) groups excluding carboxylic acids is 1. The van der Waals surface area contributed by atoms with Crippen LogP contribution >= 0.6 is 0 Å². The van der Waals surface area contributed by atoms with Crippen molar-refractivity contribution in [2.45, 2.75) is 83.5 Å². The number of rotatable bonds is 8. The van der Waals surface area contributed by atoms with Crippen molar-refractivity contribution >= 4 is 13.9 Å². The van der Waals surface area contributed by atoms with Gasteiger partial charge in [0.05, 0.1) is 8.07 Å². The van der Waals surface area contributed by atoms with Crippen LogP contribution in [0.25, 0.3) is 0 Å². The Morgan fingerprint density at radius 3 is 2.22 bits per heavy atom. The Kier molecular flexibility index (Phi) is 7.07. The van der Waals surface area contributed by atoms with Crippen LogP contribution in [0.3, 0.4) is 0 Å². The van der Waals surface area contributed by atoms with Crippen LogP contribution in [0.15, 0.2) is 24.3 Å². The van der Waals surface area contributed by atoms with Crippen molar-refractivity contribution in [1.82, 2.24) is 0 Å². The predicted molar refractivity (Wildman–Crippen MR) is 103 cm³/mol. The summed E-state index contributed by atoms with van der Waals surface area (Å²) in [5.74, 6) is 0.715. The lowest BCUT2D eigenvalue weighted by atomic mass is 9.82. The molecule has 0 radical (unpaired) electrons. The van der Waals surface area contributed by atoms with E-state index in [4.69, 9.17) is 0 Å². The average Bonchev–Trinajstić information content (AvgIpc) is 2.64. The lowest BCUT2D eigenvalue weighted by Gasteiger charge is -2.28. The molecule has 1 aliphatic carbocycles. The van der Waals surface area contributed by atoms with E-state index in [1.165, 1.54) is 49.0 Å². The van der Waals surface area contributed by atoms with Crippen LogP contribution in [-0.2, 0) is 6.42 Å². The first-order valence-corrected chi connectivity index (χ1v) is 12.6. The van der Waals surface area contributed by atoms with Crippen LogP contribution in [0, 0.1) is 5.92 Å². The summed E-state index contributed by atoms with van der Waals surface area (Å²) >= 11 is 0. The smallest absolute Gasteiger partial charge is 0.166 e. The number of hydrogen-bond donors (Lipinski definition) is 0. The summed E-state index contributed by atoms with van der Waals surface area (Å²) in [6, 6.07) is 13.9. The second-order valence-corrected chi connectivity index (χ2v) is 13.0. The van der Waals surface area contributed by atoms with E-state index < -0.39 is 8.07 Å². The maximum Gasteiger partial charge on any atom is 0.166 e. The van der Waals surface area contributed by atoms with Crippen molar-refractivity contribution < 1.29 is 4.79 Å². The maximum absolute atomic E-state index is 13.0. The van der Waals surface area contributed by atoms with Crippen LogP contribution in [0.5, 0.6) is 0 Å². The van der Waals surface area contributed by atoms with Crippen molar-refractivity contribution in [3.63, 3.8) is 0 Å². The van der Waals surface area contributed by atoms with E-state index >= 15 is 0 Å². The highest BCUT2D eigenvalue weighted by Crippen LogP contribution is 2.30. The van der Waals surface area contributed by atoms with Gasteiger partial charge in [0.1, 0.15) is 0 Å². The topological polar surface area (TPSA) is 17.1 Å². The highest BCUT2D eigenvalue weighted by atomic mass is 28.3. The first-order valence-electron chi connectivity index (χ1n) is 9.78. The van der Waals surface area contributed by atoms with Gasteiger partial charge >= 0.3 is 0 Å². The molecule has 1 nitrogen and oxygen atoms in total. The van der Waals surface area contributed by atoms with Gasteiger partial charge in [-0.15, -0.1) is 0 Å². The van der Waals surface area contributed by atoms with E-state index in [0.717, 1.165) is 24.8 Å². The quantitative estimate of drug-likeness (QED) is 0.393. The van der Waals surface area contributed by atoms with Crippen molar-refractivity contribution in [1.29, 1.82) is 0 Å². The van der Waals surface area contributed by atoms with Gasteiger partial charge in [-0.3, -0.25) is 4.79 Å². The molecule has 0 aliphatic heterocycles. The first kappa shape index (κ1) is 18.4. The van der Waals surface area contributed by atoms with Crippen LogP contribution in [0.4, 0.5) is 0 Å². The molecule has 0 atom stereocenters. The van der Waals surface area contributed by atoms with E-state index in [0.29, 0.717) is 5.78 Å². The summed E-state index contributed by atoms with van der Waals surface area (Å²) < 4.78 is 0. The van der Waals surface area contributed by atoms with E-state index in [1.807, 2.05) is 6.07 Å².